The molecule has 1 saturated heterocycles. The number of benzene rings is 2. The largest absolute Gasteiger partial charge is 0.378 e. The van der Waals surface area contributed by atoms with Crippen molar-refractivity contribution in [2.75, 3.05) is 44.5 Å². The van der Waals surface area contributed by atoms with Crippen LogP contribution in [0.4, 0.5) is 11.4 Å². The van der Waals surface area contributed by atoms with Crippen molar-refractivity contribution in [3.05, 3.63) is 63.7 Å². The molecule has 2 aromatic rings. The van der Waals surface area contributed by atoms with E-state index in [1.807, 2.05) is 24.3 Å². The Kier molecular flexibility index (Phi) is 6.37. The van der Waals surface area contributed by atoms with E-state index in [0.29, 0.717) is 13.2 Å². The van der Waals surface area contributed by atoms with Gasteiger partial charge in [0.2, 0.25) is 0 Å². The summed E-state index contributed by atoms with van der Waals surface area (Å²) in [7, 11) is -2.13. The Bertz CT molecular complexity index is 1060. The molecule has 0 unspecified atom stereocenters. The molecule has 3 rings (SSSR count). The Balaban J connectivity index is 1.88. The summed E-state index contributed by atoms with van der Waals surface area (Å²) in [6.45, 7) is 3.02. The molecule has 1 amide bonds. The van der Waals surface area contributed by atoms with Crippen LogP contribution in [0, 0.1) is 10.1 Å². The normalized spacial score (nSPS) is 14.4. The standard InChI is InChI=1S/C20H23N3O6S/c1-21(14-15-5-3-4-6-19(15)22-7-9-29-10-8-22)20(24)16-11-17(23(25)26)13-18(12-16)30(2,27)28/h3-6,11-13H,7-10,14H2,1-2H3. The summed E-state index contributed by atoms with van der Waals surface area (Å²) >= 11 is 0. The van der Waals surface area contributed by atoms with Gasteiger partial charge < -0.3 is 14.5 Å². The third-order valence-electron chi connectivity index (χ3n) is 4.87. The SMILES string of the molecule is CN(Cc1ccccc1N1CCOCC1)C(=O)c1cc([N+](=O)[O-])cc(S(C)(=O)=O)c1. The summed E-state index contributed by atoms with van der Waals surface area (Å²) in [5, 5.41) is 11.2. The molecule has 9 nitrogen and oxygen atoms in total. The number of nitrogens with zero attached hydrogens (tertiary/aromatic N) is 3. The van der Waals surface area contributed by atoms with Crippen LogP contribution >= 0.6 is 0 Å². The van der Waals surface area contributed by atoms with Crippen LogP contribution in [0.25, 0.3) is 0 Å². The number of non-ortho nitro benzene ring substituents is 1. The molecule has 0 atom stereocenters. The molecule has 0 radical (unpaired) electrons. The van der Waals surface area contributed by atoms with Crippen LogP contribution in [0.5, 0.6) is 0 Å². The maximum absolute atomic E-state index is 13.0. The number of para-hydroxylation sites is 1. The Hall–Kier alpha value is -2.98. The summed E-state index contributed by atoms with van der Waals surface area (Å²) in [6.07, 6.45) is 0.947. The van der Waals surface area contributed by atoms with Gasteiger partial charge in [0.25, 0.3) is 11.6 Å². The fourth-order valence-corrected chi connectivity index (χ4v) is 4.01. The highest BCUT2D eigenvalue weighted by Crippen LogP contribution is 2.25. The second kappa shape index (κ2) is 8.80. The van der Waals surface area contributed by atoms with Crippen molar-refractivity contribution in [3.63, 3.8) is 0 Å². The molecule has 1 heterocycles. The lowest BCUT2D eigenvalue weighted by atomic mass is 10.1. The molecule has 1 fully saturated rings. The van der Waals surface area contributed by atoms with Crippen LogP contribution in [0.3, 0.4) is 0 Å². The average Bonchev–Trinajstić information content (AvgIpc) is 2.73. The summed E-state index contributed by atoms with van der Waals surface area (Å²) in [5.41, 5.74) is 1.43. The lowest BCUT2D eigenvalue weighted by Gasteiger charge is -2.31. The van der Waals surface area contributed by atoms with Crippen LogP contribution in [-0.4, -0.2) is 63.8 Å². The lowest BCUT2D eigenvalue weighted by Crippen LogP contribution is -2.37. The van der Waals surface area contributed by atoms with E-state index in [1.54, 1.807) is 7.05 Å². The number of ether oxygens (including phenoxy) is 1. The number of hydrogen-bond acceptors (Lipinski definition) is 7. The van der Waals surface area contributed by atoms with Crippen molar-refractivity contribution < 1.29 is 22.9 Å². The van der Waals surface area contributed by atoms with E-state index in [1.165, 1.54) is 11.0 Å². The first-order chi connectivity index (χ1) is 14.2. The van der Waals surface area contributed by atoms with Gasteiger partial charge in [0, 0.05) is 56.3 Å². The molecule has 0 N–H and O–H groups in total. The van der Waals surface area contributed by atoms with Crippen LogP contribution in [0.15, 0.2) is 47.4 Å². The molecular weight excluding hydrogens is 410 g/mol. The molecule has 0 saturated carbocycles. The number of anilines is 1. The molecular formula is C20H23N3O6S. The second-order valence-electron chi connectivity index (χ2n) is 7.13. The van der Waals surface area contributed by atoms with Gasteiger partial charge in [-0.2, -0.15) is 0 Å². The highest BCUT2D eigenvalue weighted by Gasteiger charge is 2.22. The first-order valence-electron chi connectivity index (χ1n) is 9.32. The van der Waals surface area contributed by atoms with Crippen molar-refractivity contribution >= 4 is 27.1 Å². The van der Waals surface area contributed by atoms with Crippen molar-refractivity contribution in [2.45, 2.75) is 11.4 Å². The molecule has 2 aromatic carbocycles. The van der Waals surface area contributed by atoms with E-state index in [0.717, 1.165) is 42.7 Å². The van der Waals surface area contributed by atoms with E-state index in [-0.39, 0.29) is 17.0 Å². The predicted octanol–water partition coefficient (Wildman–Crippen LogP) is 2.11. The quantitative estimate of drug-likeness (QED) is 0.507. The Morgan fingerprint density at radius 3 is 2.50 bits per heavy atom. The number of carbonyl (C=O) groups is 1. The molecule has 30 heavy (non-hydrogen) atoms. The second-order valence-corrected chi connectivity index (χ2v) is 9.15. The zero-order chi connectivity index (χ0) is 21.9. The Morgan fingerprint density at radius 2 is 1.87 bits per heavy atom. The fourth-order valence-electron chi connectivity index (χ4n) is 3.33. The third kappa shape index (κ3) is 4.95. The molecule has 0 aliphatic carbocycles. The molecule has 1 aliphatic rings. The number of rotatable bonds is 6. The van der Waals surface area contributed by atoms with Crippen LogP contribution in [0.1, 0.15) is 15.9 Å². The topological polar surface area (TPSA) is 110 Å². The molecule has 10 heteroatoms. The average molecular weight is 433 g/mol. The number of nitro benzene ring substituents is 1. The highest BCUT2D eigenvalue weighted by molar-refractivity contribution is 7.90. The van der Waals surface area contributed by atoms with E-state index in [2.05, 4.69) is 4.90 Å². The number of hydrogen-bond donors (Lipinski definition) is 0. The number of nitro groups is 1. The van der Waals surface area contributed by atoms with Crippen LogP contribution in [0.2, 0.25) is 0 Å². The number of amides is 1. The van der Waals surface area contributed by atoms with E-state index >= 15 is 0 Å². The van der Waals surface area contributed by atoms with Gasteiger partial charge in [-0.15, -0.1) is 0 Å². The third-order valence-corrected chi connectivity index (χ3v) is 5.97. The van der Waals surface area contributed by atoms with Crippen molar-refractivity contribution in [1.29, 1.82) is 0 Å². The minimum atomic E-state index is -3.71. The molecule has 0 spiro atoms. The van der Waals surface area contributed by atoms with Crippen molar-refractivity contribution in [1.82, 2.24) is 4.90 Å². The molecule has 0 aromatic heterocycles. The van der Waals surface area contributed by atoms with E-state index < -0.39 is 26.4 Å². The lowest BCUT2D eigenvalue weighted by molar-refractivity contribution is -0.385. The summed E-state index contributed by atoms with van der Waals surface area (Å²) in [6, 6.07) is 10.9. The van der Waals surface area contributed by atoms with Gasteiger partial charge in [-0.25, -0.2) is 8.42 Å². The van der Waals surface area contributed by atoms with Crippen LogP contribution in [-0.2, 0) is 21.1 Å². The van der Waals surface area contributed by atoms with Gasteiger partial charge in [0.05, 0.1) is 23.0 Å². The first kappa shape index (κ1) is 21.7. The van der Waals surface area contributed by atoms with Gasteiger partial charge in [-0.1, -0.05) is 18.2 Å². The van der Waals surface area contributed by atoms with E-state index in [4.69, 9.17) is 4.74 Å². The fraction of sp³-hybridized carbons (Fsp3) is 0.350. The summed E-state index contributed by atoms with van der Waals surface area (Å²) < 4.78 is 29.2. The van der Waals surface area contributed by atoms with Crippen molar-refractivity contribution in [2.24, 2.45) is 0 Å². The minimum Gasteiger partial charge on any atom is -0.378 e. The summed E-state index contributed by atoms with van der Waals surface area (Å²) in [4.78, 5) is 26.8. The first-order valence-corrected chi connectivity index (χ1v) is 11.2. The number of morpholine rings is 1. The van der Waals surface area contributed by atoms with Gasteiger partial charge in [0.15, 0.2) is 9.84 Å². The maximum Gasteiger partial charge on any atom is 0.271 e. The maximum atomic E-state index is 13.0. The number of sulfone groups is 1. The predicted molar refractivity (Wildman–Crippen MR) is 111 cm³/mol. The zero-order valence-electron chi connectivity index (χ0n) is 16.8. The van der Waals surface area contributed by atoms with Crippen LogP contribution < -0.4 is 4.90 Å². The molecule has 160 valence electrons. The Morgan fingerprint density at radius 1 is 1.20 bits per heavy atom. The minimum absolute atomic E-state index is 0.0454. The molecule has 0 bridgehead atoms. The van der Waals surface area contributed by atoms with Gasteiger partial charge >= 0.3 is 0 Å². The molecule has 1 aliphatic heterocycles. The van der Waals surface area contributed by atoms with Gasteiger partial charge in [-0.3, -0.25) is 14.9 Å². The highest BCUT2D eigenvalue weighted by atomic mass is 32.2. The smallest absolute Gasteiger partial charge is 0.271 e. The van der Waals surface area contributed by atoms with E-state index in [9.17, 15) is 23.3 Å². The summed E-state index contributed by atoms with van der Waals surface area (Å²) in [5.74, 6) is -0.500. The zero-order valence-corrected chi connectivity index (χ0v) is 17.6. The van der Waals surface area contributed by atoms with Crippen molar-refractivity contribution in [3.8, 4) is 0 Å². The van der Waals surface area contributed by atoms with Gasteiger partial charge in [-0.05, 0) is 17.7 Å². The number of carbonyl (C=O) groups excluding carboxylic acids is 1. The van der Waals surface area contributed by atoms with Gasteiger partial charge in [0.1, 0.15) is 0 Å². The Labute approximate surface area is 174 Å². The monoisotopic (exact) mass is 433 g/mol.